The molecule has 0 saturated heterocycles. The van der Waals surface area contributed by atoms with Crippen LogP contribution in [0.5, 0.6) is 11.5 Å². The third-order valence-electron chi connectivity index (χ3n) is 2.99. The van der Waals surface area contributed by atoms with Crippen molar-refractivity contribution in [3.8, 4) is 11.5 Å². The van der Waals surface area contributed by atoms with Gasteiger partial charge in [0.15, 0.2) is 0 Å². The standard InChI is InChI=1S/C14H12N2O5.C2H6O4S2/c15-7-1-3-11(17)9(5-7)13(19)21-14(20)10-6-8(16)2-4-12(10)18;3-8(4,5)6-1-2-7/h1-6,17-18H,15-16H2;7H,1-2H2,(H,3,4,5). The molecule has 0 heterocycles. The third-order valence-corrected chi connectivity index (χ3v) is 3.64. The van der Waals surface area contributed by atoms with Crippen LogP contribution in [0.4, 0.5) is 11.4 Å². The Balaban J connectivity index is 0.000000447. The lowest BCUT2D eigenvalue weighted by molar-refractivity contribution is 0.0394. The first kappa shape index (κ1) is 24.0. The number of hydrogen-bond donors (Lipinski definition) is 6. The van der Waals surface area contributed by atoms with E-state index < -0.39 is 22.3 Å². The van der Waals surface area contributed by atoms with Crippen LogP contribution in [0.2, 0.25) is 0 Å². The van der Waals surface area contributed by atoms with Crippen molar-refractivity contribution in [2.75, 3.05) is 23.8 Å². The molecule has 7 N–H and O–H groups in total. The summed E-state index contributed by atoms with van der Waals surface area (Å²) < 4.78 is 35.7. The molecule has 0 amide bonds. The second-order valence-corrected chi connectivity index (χ2v) is 6.74. The number of nitrogens with two attached hydrogens (primary N) is 2. The molecule has 0 aliphatic rings. The second-order valence-electron chi connectivity index (χ2n) is 5.20. The van der Waals surface area contributed by atoms with Crippen molar-refractivity contribution in [1.82, 2.24) is 0 Å². The van der Waals surface area contributed by atoms with Gasteiger partial charge in [-0.25, -0.2) is 13.8 Å². The van der Waals surface area contributed by atoms with E-state index in [-0.39, 0.29) is 46.4 Å². The summed E-state index contributed by atoms with van der Waals surface area (Å²) in [6.07, 6.45) is 0. The summed E-state index contributed by atoms with van der Waals surface area (Å²) in [6, 6.07) is 7.52. The zero-order valence-corrected chi connectivity index (χ0v) is 16.4. The number of esters is 2. The molecule has 0 spiro atoms. The third kappa shape index (κ3) is 8.27. The smallest absolute Gasteiger partial charge is 0.397 e. The maximum atomic E-state index is 11.8. The van der Waals surface area contributed by atoms with Gasteiger partial charge in [-0.05, 0) is 36.4 Å². The van der Waals surface area contributed by atoms with Gasteiger partial charge in [0.2, 0.25) is 0 Å². The van der Waals surface area contributed by atoms with Crippen LogP contribution >= 0.6 is 12.6 Å². The van der Waals surface area contributed by atoms with Crippen LogP contribution in [-0.2, 0) is 19.3 Å². The van der Waals surface area contributed by atoms with E-state index >= 15 is 0 Å². The number of thiol groups is 1. The molecule has 0 aliphatic heterocycles. The fraction of sp³-hybridized carbons (Fsp3) is 0.125. The molecular formula is C16H18N2O9S2. The molecule has 0 atom stereocenters. The van der Waals surface area contributed by atoms with Gasteiger partial charge in [0.05, 0.1) is 6.61 Å². The summed E-state index contributed by atoms with van der Waals surface area (Å²) >= 11 is 3.63. The number of phenols is 2. The molecule has 2 aromatic rings. The lowest BCUT2D eigenvalue weighted by Gasteiger charge is -2.07. The van der Waals surface area contributed by atoms with E-state index in [4.69, 9.17) is 16.0 Å². The molecule has 11 nitrogen and oxygen atoms in total. The Hall–Kier alpha value is -3.00. The van der Waals surface area contributed by atoms with Crippen LogP contribution in [0.15, 0.2) is 36.4 Å². The zero-order chi connectivity index (χ0) is 22.2. The van der Waals surface area contributed by atoms with Gasteiger partial charge in [-0.3, -0.25) is 4.55 Å². The van der Waals surface area contributed by atoms with Gasteiger partial charge in [0, 0.05) is 17.1 Å². The quantitative estimate of drug-likeness (QED) is 0.0955. The van der Waals surface area contributed by atoms with Gasteiger partial charge in [-0.1, -0.05) is 0 Å². The van der Waals surface area contributed by atoms with Crippen molar-refractivity contribution in [3.05, 3.63) is 47.5 Å². The first-order valence-electron chi connectivity index (χ1n) is 7.60. The Labute approximate surface area is 171 Å². The van der Waals surface area contributed by atoms with Crippen molar-refractivity contribution in [2.45, 2.75) is 0 Å². The Bertz CT molecular complexity index is 932. The molecule has 0 fully saturated rings. The summed E-state index contributed by atoms with van der Waals surface area (Å²) in [7, 11) is -4.24. The van der Waals surface area contributed by atoms with E-state index in [0.717, 1.165) is 0 Å². The number of ether oxygens (including phenoxy) is 1. The van der Waals surface area contributed by atoms with Gasteiger partial charge < -0.3 is 26.4 Å². The van der Waals surface area contributed by atoms with Gasteiger partial charge >= 0.3 is 22.3 Å². The van der Waals surface area contributed by atoms with E-state index in [1.807, 2.05) is 0 Å². The van der Waals surface area contributed by atoms with Crippen molar-refractivity contribution in [3.63, 3.8) is 0 Å². The Morgan fingerprint density at radius 1 is 0.931 bits per heavy atom. The summed E-state index contributed by atoms with van der Waals surface area (Å²) in [5, 5.41) is 19.1. The molecular weight excluding hydrogens is 428 g/mol. The molecule has 0 radical (unpaired) electrons. The topological polar surface area (TPSA) is 199 Å². The molecule has 2 rings (SSSR count). The van der Waals surface area contributed by atoms with Crippen LogP contribution < -0.4 is 11.5 Å². The minimum Gasteiger partial charge on any atom is -0.507 e. The van der Waals surface area contributed by atoms with Gasteiger partial charge in [-0.15, -0.1) is 0 Å². The molecule has 0 aliphatic carbocycles. The van der Waals surface area contributed by atoms with Crippen molar-refractivity contribution in [2.24, 2.45) is 0 Å². The van der Waals surface area contributed by atoms with Crippen LogP contribution in [0, 0.1) is 0 Å². The molecule has 0 unspecified atom stereocenters. The highest BCUT2D eigenvalue weighted by molar-refractivity contribution is 7.81. The molecule has 158 valence electrons. The number of carbonyl (C=O) groups is 2. The minimum absolute atomic E-state index is 0.0953. The van der Waals surface area contributed by atoms with Gasteiger partial charge in [0.1, 0.15) is 22.6 Å². The van der Waals surface area contributed by atoms with E-state index in [1.165, 1.54) is 36.4 Å². The molecule has 0 bridgehead atoms. The first-order chi connectivity index (χ1) is 13.4. The van der Waals surface area contributed by atoms with Gasteiger partial charge in [-0.2, -0.15) is 21.0 Å². The Kier molecular flexibility index (Phi) is 8.72. The number of phenolic OH excluding ortho intramolecular Hbond substituents is 2. The van der Waals surface area contributed by atoms with Crippen LogP contribution in [0.3, 0.4) is 0 Å². The lowest BCUT2D eigenvalue weighted by atomic mass is 10.1. The zero-order valence-electron chi connectivity index (χ0n) is 14.7. The van der Waals surface area contributed by atoms with Crippen molar-refractivity contribution >= 4 is 46.3 Å². The first-order valence-corrected chi connectivity index (χ1v) is 9.60. The Morgan fingerprint density at radius 3 is 1.66 bits per heavy atom. The van der Waals surface area contributed by atoms with E-state index in [1.54, 1.807) is 0 Å². The second kappa shape index (κ2) is 10.5. The number of hydrogen-bond acceptors (Lipinski definition) is 11. The van der Waals surface area contributed by atoms with Crippen LogP contribution in [0.1, 0.15) is 20.7 Å². The number of aromatic hydroxyl groups is 2. The highest BCUT2D eigenvalue weighted by Crippen LogP contribution is 2.24. The number of nitrogen functional groups attached to an aromatic ring is 2. The summed E-state index contributed by atoms with van der Waals surface area (Å²) in [6.45, 7) is -0.0953. The van der Waals surface area contributed by atoms with Crippen molar-refractivity contribution < 1.29 is 41.7 Å². The van der Waals surface area contributed by atoms with Crippen LogP contribution in [0.25, 0.3) is 0 Å². The average molecular weight is 446 g/mol. The van der Waals surface area contributed by atoms with Crippen LogP contribution in [-0.4, -0.2) is 47.5 Å². The maximum absolute atomic E-state index is 11.8. The molecule has 0 saturated carbocycles. The summed E-state index contributed by atoms with van der Waals surface area (Å²) in [5.74, 6) is -2.67. The Morgan fingerprint density at radius 2 is 1.34 bits per heavy atom. The number of anilines is 2. The van der Waals surface area contributed by atoms with E-state index in [0.29, 0.717) is 0 Å². The average Bonchev–Trinajstić information content (AvgIpc) is 2.63. The predicted octanol–water partition coefficient (Wildman–Crippen LogP) is 0.995. The normalized spacial score (nSPS) is 10.6. The summed E-state index contributed by atoms with van der Waals surface area (Å²) in [4.78, 5) is 23.7. The van der Waals surface area contributed by atoms with E-state index in [9.17, 15) is 28.2 Å². The molecule has 0 aromatic heterocycles. The minimum atomic E-state index is -4.24. The number of benzene rings is 2. The monoisotopic (exact) mass is 446 g/mol. The maximum Gasteiger partial charge on any atom is 0.397 e. The largest absolute Gasteiger partial charge is 0.507 e. The highest BCUT2D eigenvalue weighted by Gasteiger charge is 2.20. The highest BCUT2D eigenvalue weighted by atomic mass is 32.3. The fourth-order valence-electron chi connectivity index (χ4n) is 1.77. The molecule has 29 heavy (non-hydrogen) atoms. The lowest BCUT2D eigenvalue weighted by Crippen LogP contribution is -2.13. The predicted molar refractivity (Wildman–Crippen MR) is 106 cm³/mol. The molecule has 13 heteroatoms. The number of carbonyl (C=O) groups excluding carboxylic acids is 2. The number of rotatable bonds is 5. The SMILES string of the molecule is Nc1ccc(O)c(C(=O)OC(=O)c2cc(N)ccc2O)c1.O=S(=O)(O)OCCS. The fourth-order valence-corrected chi connectivity index (χ4v) is 2.28. The van der Waals surface area contributed by atoms with Gasteiger partial charge in [0.25, 0.3) is 0 Å². The van der Waals surface area contributed by atoms with Crippen molar-refractivity contribution in [1.29, 1.82) is 0 Å². The van der Waals surface area contributed by atoms with E-state index in [2.05, 4.69) is 21.5 Å². The summed E-state index contributed by atoms with van der Waals surface area (Å²) in [5.41, 5.74) is 10.9. The molecule has 2 aromatic carbocycles.